The fourth-order valence-electron chi connectivity index (χ4n) is 8.47. The van der Waals surface area contributed by atoms with Gasteiger partial charge in [-0.1, -0.05) is 36.4 Å². The van der Waals surface area contributed by atoms with Crippen molar-refractivity contribution in [2.24, 2.45) is 0 Å². The van der Waals surface area contributed by atoms with E-state index in [0.717, 1.165) is 111 Å². The Bertz CT molecular complexity index is 2860. The van der Waals surface area contributed by atoms with Gasteiger partial charge in [-0.3, -0.25) is 9.97 Å². The highest BCUT2D eigenvalue weighted by Gasteiger charge is 2.22. The third-order valence-electron chi connectivity index (χ3n) is 11.2. The molecule has 0 saturated heterocycles. The summed E-state index contributed by atoms with van der Waals surface area (Å²) in [5, 5.41) is 4.30. The van der Waals surface area contributed by atoms with Crippen molar-refractivity contribution in [2.45, 2.75) is 0 Å². The Morgan fingerprint density at radius 3 is 1.00 bits per heavy atom. The van der Waals surface area contributed by atoms with Gasteiger partial charge < -0.3 is 28.1 Å². The monoisotopic (exact) mass is 758 g/mol. The van der Waals surface area contributed by atoms with Crippen molar-refractivity contribution < 1.29 is 18.9 Å². The van der Waals surface area contributed by atoms with Gasteiger partial charge in [-0.15, -0.1) is 0 Å². The summed E-state index contributed by atoms with van der Waals surface area (Å²) in [4.78, 5) is 9.42. The maximum atomic E-state index is 5.68. The zero-order valence-electron chi connectivity index (χ0n) is 32.4. The largest absolute Gasteiger partial charge is 0.497 e. The molecular formula is C50H38N4O4. The van der Waals surface area contributed by atoms with E-state index in [4.69, 9.17) is 28.9 Å². The van der Waals surface area contributed by atoms with Gasteiger partial charge in [0.05, 0.1) is 61.9 Å². The summed E-state index contributed by atoms with van der Waals surface area (Å²) >= 11 is 0. The van der Waals surface area contributed by atoms with E-state index in [1.165, 1.54) is 0 Å². The van der Waals surface area contributed by atoms with E-state index in [1.807, 2.05) is 49.1 Å². The van der Waals surface area contributed by atoms with E-state index >= 15 is 0 Å². The highest BCUT2D eigenvalue weighted by atomic mass is 16.5. The number of ether oxygens (including phenoxy) is 4. The van der Waals surface area contributed by atoms with Gasteiger partial charge in [-0.25, -0.2) is 0 Å². The molecule has 0 radical (unpaired) electrons. The lowest BCUT2D eigenvalue weighted by atomic mass is 9.90. The first-order chi connectivity index (χ1) is 28.6. The first-order valence-corrected chi connectivity index (χ1v) is 19.0. The number of rotatable bonds is 9. The van der Waals surface area contributed by atoms with Crippen LogP contribution in [0.4, 0.5) is 0 Å². The smallest absolute Gasteiger partial charge is 0.119 e. The second kappa shape index (κ2) is 14.2. The lowest BCUT2D eigenvalue weighted by molar-refractivity contribution is 0.415. The molecule has 282 valence electrons. The van der Waals surface area contributed by atoms with Gasteiger partial charge >= 0.3 is 0 Å². The van der Waals surface area contributed by atoms with E-state index in [9.17, 15) is 0 Å². The molecule has 8 nitrogen and oxygen atoms in total. The van der Waals surface area contributed by atoms with Gasteiger partial charge in [0.25, 0.3) is 0 Å². The number of hydrogen-bond acceptors (Lipinski definition) is 6. The molecule has 0 saturated carbocycles. The molecule has 0 spiro atoms. The molecule has 0 aliphatic rings. The molecular weight excluding hydrogens is 721 g/mol. The number of nitrogens with zero attached hydrogens (tertiary/aromatic N) is 4. The quantitative estimate of drug-likeness (QED) is 0.146. The van der Waals surface area contributed by atoms with Crippen LogP contribution >= 0.6 is 0 Å². The summed E-state index contributed by atoms with van der Waals surface area (Å²) in [6, 6.07) is 46.2. The maximum absolute atomic E-state index is 5.68. The maximum Gasteiger partial charge on any atom is 0.119 e. The summed E-state index contributed by atoms with van der Waals surface area (Å²) in [5.74, 6) is 3.18. The number of fused-ring (bicyclic) bond motifs is 6. The van der Waals surface area contributed by atoms with Crippen LogP contribution in [0.5, 0.6) is 23.0 Å². The summed E-state index contributed by atoms with van der Waals surface area (Å²) in [7, 11) is 6.79. The molecule has 0 aliphatic heterocycles. The molecule has 0 N–H and O–H groups in total. The minimum Gasteiger partial charge on any atom is -0.497 e. The Balaban J connectivity index is 1.19. The van der Waals surface area contributed by atoms with Crippen LogP contribution in [0.1, 0.15) is 0 Å². The number of hydrogen-bond donors (Lipinski definition) is 0. The van der Waals surface area contributed by atoms with Gasteiger partial charge in [0.15, 0.2) is 0 Å². The number of aromatic nitrogens is 4. The van der Waals surface area contributed by atoms with Crippen molar-refractivity contribution in [3.63, 3.8) is 0 Å². The second-order valence-electron chi connectivity index (χ2n) is 14.1. The molecule has 0 bridgehead atoms. The Kier molecular flexibility index (Phi) is 8.52. The Morgan fingerprint density at radius 2 is 0.672 bits per heavy atom. The third kappa shape index (κ3) is 5.52. The van der Waals surface area contributed by atoms with Crippen LogP contribution in [0.2, 0.25) is 0 Å². The Hall–Kier alpha value is -7.58. The predicted octanol–water partition coefficient (Wildman–Crippen LogP) is 11.7. The number of benzene rings is 6. The first kappa shape index (κ1) is 34.9. The standard InChI is InChI=1S/C50H38N4O4/c1-55-31-13-17-47-39(25-31)40-26-32(56-2)14-18-48(40)53(47)45-11-7-5-9-37(45)35-21-23-51-29-43(35)44-30-52-24-22-36(44)38-10-6-8-12-46(38)54-49-19-15-33(57-3)27-41(49)42-28-34(58-4)16-20-50(42)54/h5-30H,1-4H3. The van der Waals surface area contributed by atoms with Crippen LogP contribution in [0.25, 0.3) is 88.4 Å². The summed E-state index contributed by atoms with van der Waals surface area (Å²) in [5.41, 5.74) is 12.4. The van der Waals surface area contributed by atoms with Crippen molar-refractivity contribution in [2.75, 3.05) is 28.4 Å². The molecule has 6 aromatic carbocycles. The fraction of sp³-hybridized carbons (Fsp3) is 0.0800. The third-order valence-corrected chi connectivity index (χ3v) is 11.2. The van der Waals surface area contributed by atoms with Crippen LogP contribution in [0, 0.1) is 0 Å². The number of methoxy groups -OCH3 is 4. The highest BCUT2D eigenvalue weighted by Crippen LogP contribution is 2.45. The van der Waals surface area contributed by atoms with Crippen LogP contribution < -0.4 is 18.9 Å². The van der Waals surface area contributed by atoms with Gasteiger partial charge in [0.1, 0.15) is 23.0 Å². The topological polar surface area (TPSA) is 72.6 Å². The summed E-state index contributed by atoms with van der Waals surface area (Å²) in [6.07, 6.45) is 7.63. The minimum atomic E-state index is 0.795. The first-order valence-electron chi connectivity index (χ1n) is 19.0. The van der Waals surface area contributed by atoms with Crippen molar-refractivity contribution >= 4 is 43.6 Å². The van der Waals surface area contributed by atoms with Gasteiger partial charge in [-0.05, 0) is 108 Å². The van der Waals surface area contributed by atoms with Gasteiger partial charge in [0, 0.05) is 68.6 Å². The number of para-hydroxylation sites is 2. The molecule has 0 unspecified atom stereocenters. The van der Waals surface area contributed by atoms with Crippen LogP contribution in [0.15, 0.2) is 158 Å². The van der Waals surface area contributed by atoms with Crippen LogP contribution in [-0.4, -0.2) is 47.5 Å². The lowest BCUT2D eigenvalue weighted by Crippen LogP contribution is -2.00. The van der Waals surface area contributed by atoms with E-state index in [0.29, 0.717) is 0 Å². The normalized spacial score (nSPS) is 11.4. The summed E-state index contributed by atoms with van der Waals surface area (Å²) < 4.78 is 27.4. The van der Waals surface area contributed by atoms with Crippen molar-refractivity contribution in [1.29, 1.82) is 0 Å². The zero-order valence-corrected chi connectivity index (χ0v) is 32.4. The van der Waals surface area contributed by atoms with E-state index < -0.39 is 0 Å². The average molecular weight is 759 g/mol. The molecule has 0 amide bonds. The fourth-order valence-corrected chi connectivity index (χ4v) is 8.47. The van der Waals surface area contributed by atoms with Gasteiger partial charge in [0.2, 0.25) is 0 Å². The molecule has 4 aromatic heterocycles. The molecule has 0 fully saturated rings. The zero-order chi connectivity index (χ0) is 39.3. The van der Waals surface area contributed by atoms with Crippen molar-refractivity contribution in [3.05, 3.63) is 158 Å². The SMILES string of the molecule is COc1ccc2c(c1)c1cc(OC)ccc1n2-c1ccccc1-c1ccncc1-c1cnccc1-c1ccccc1-n1c2ccc(OC)cc2c2cc(OC)ccc21. The molecule has 8 heteroatoms. The molecule has 4 heterocycles. The Morgan fingerprint density at radius 1 is 0.345 bits per heavy atom. The minimum absolute atomic E-state index is 0.795. The van der Waals surface area contributed by atoms with Crippen molar-refractivity contribution in [1.82, 2.24) is 19.1 Å². The lowest BCUT2D eigenvalue weighted by Gasteiger charge is -2.19. The van der Waals surface area contributed by atoms with Gasteiger partial charge in [-0.2, -0.15) is 0 Å². The number of pyridine rings is 2. The Labute approximate surface area is 335 Å². The van der Waals surface area contributed by atoms with E-state index in [-0.39, 0.29) is 0 Å². The predicted molar refractivity (Wildman–Crippen MR) is 233 cm³/mol. The van der Waals surface area contributed by atoms with Crippen molar-refractivity contribution in [3.8, 4) is 67.8 Å². The van der Waals surface area contributed by atoms with E-state index in [1.54, 1.807) is 28.4 Å². The molecule has 0 atom stereocenters. The summed E-state index contributed by atoms with van der Waals surface area (Å²) in [6.45, 7) is 0. The second-order valence-corrected chi connectivity index (χ2v) is 14.1. The molecule has 58 heavy (non-hydrogen) atoms. The average Bonchev–Trinajstić information content (AvgIpc) is 3.79. The van der Waals surface area contributed by atoms with Crippen LogP contribution in [-0.2, 0) is 0 Å². The molecule has 10 rings (SSSR count). The molecule has 0 aliphatic carbocycles. The van der Waals surface area contributed by atoms with E-state index in [2.05, 4.69) is 118 Å². The van der Waals surface area contributed by atoms with Crippen LogP contribution in [0.3, 0.4) is 0 Å². The highest BCUT2D eigenvalue weighted by molar-refractivity contribution is 6.12. The molecule has 10 aromatic rings.